The Bertz CT molecular complexity index is 1020. The Morgan fingerprint density at radius 1 is 1.17 bits per heavy atom. The highest BCUT2D eigenvalue weighted by molar-refractivity contribution is 6.04. The summed E-state index contributed by atoms with van der Waals surface area (Å²) in [6.45, 7) is 9.73. The molecule has 0 unspecified atom stereocenters. The van der Waals surface area contributed by atoms with E-state index in [1.54, 1.807) is 6.21 Å². The highest BCUT2D eigenvalue weighted by Gasteiger charge is 2.11. The van der Waals surface area contributed by atoms with E-state index in [0.717, 1.165) is 78.4 Å². The summed E-state index contributed by atoms with van der Waals surface area (Å²) < 4.78 is 5.39. The fraction of sp³-hybridized carbons (Fsp3) is 0.348. The van der Waals surface area contributed by atoms with Gasteiger partial charge in [-0.05, 0) is 49.2 Å². The van der Waals surface area contributed by atoms with Crippen LogP contribution in [0.1, 0.15) is 16.7 Å². The van der Waals surface area contributed by atoms with Crippen LogP contribution in [0.5, 0.6) is 5.88 Å². The van der Waals surface area contributed by atoms with Gasteiger partial charge in [-0.15, -0.1) is 0 Å². The molecular weight excluding hydrogens is 364 g/mol. The molecule has 6 heteroatoms. The van der Waals surface area contributed by atoms with Crippen LogP contribution in [0.2, 0.25) is 0 Å². The number of hydrogen-bond acceptors (Lipinski definition) is 5. The lowest BCUT2D eigenvalue weighted by atomic mass is 10.1. The van der Waals surface area contributed by atoms with Gasteiger partial charge in [-0.3, -0.25) is 9.89 Å². The standard InChI is InChI=1S/C23H28N4O2/c1-16-4-3-5-21-22(16)19(23(28)26-21)15-25-18-6-7-20(17(2)14-18)24-8-9-27-10-12-29-13-11-27/h3-7,14-15,24,26,28H,8-13H2,1-2H3. The Labute approximate surface area is 171 Å². The maximum atomic E-state index is 10.3. The van der Waals surface area contributed by atoms with Crippen molar-refractivity contribution in [2.45, 2.75) is 13.8 Å². The van der Waals surface area contributed by atoms with Gasteiger partial charge in [-0.2, -0.15) is 0 Å². The molecule has 3 N–H and O–H groups in total. The average molecular weight is 393 g/mol. The third kappa shape index (κ3) is 4.44. The van der Waals surface area contributed by atoms with Gasteiger partial charge in [0, 0.05) is 49.0 Å². The predicted molar refractivity (Wildman–Crippen MR) is 119 cm³/mol. The van der Waals surface area contributed by atoms with E-state index in [1.807, 2.05) is 31.2 Å². The molecule has 0 radical (unpaired) electrons. The van der Waals surface area contributed by atoms with E-state index in [-0.39, 0.29) is 5.88 Å². The lowest BCUT2D eigenvalue weighted by Gasteiger charge is -2.26. The van der Waals surface area contributed by atoms with Crippen LogP contribution in [0.4, 0.5) is 11.4 Å². The second-order valence-electron chi connectivity index (χ2n) is 7.52. The number of H-pyrrole nitrogens is 1. The molecule has 2 heterocycles. The molecule has 2 aromatic carbocycles. The maximum Gasteiger partial charge on any atom is 0.198 e. The molecule has 0 atom stereocenters. The summed E-state index contributed by atoms with van der Waals surface area (Å²) in [7, 11) is 0. The molecule has 1 aliphatic heterocycles. The molecule has 0 bridgehead atoms. The number of morpholine rings is 1. The average Bonchev–Trinajstić information content (AvgIpc) is 3.05. The number of anilines is 1. The summed E-state index contributed by atoms with van der Waals surface area (Å²) >= 11 is 0. The molecule has 0 aliphatic carbocycles. The first-order valence-electron chi connectivity index (χ1n) is 10.1. The first kappa shape index (κ1) is 19.5. The van der Waals surface area contributed by atoms with Crippen molar-refractivity contribution in [3.05, 3.63) is 53.1 Å². The number of hydrogen-bond donors (Lipinski definition) is 3. The molecule has 4 rings (SSSR count). The zero-order valence-electron chi connectivity index (χ0n) is 17.0. The number of aromatic nitrogens is 1. The second-order valence-corrected chi connectivity index (χ2v) is 7.52. The summed E-state index contributed by atoms with van der Waals surface area (Å²) in [4.78, 5) is 10.0. The van der Waals surface area contributed by atoms with Gasteiger partial charge in [-0.1, -0.05) is 12.1 Å². The van der Waals surface area contributed by atoms with Gasteiger partial charge in [0.1, 0.15) is 0 Å². The van der Waals surface area contributed by atoms with Crippen molar-refractivity contribution in [1.82, 2.24) is 9.88 Å². The maximum absolute atomic E-state index is 10.3. The highest BCUT2D eigenvalue weighted by Crippen LogP contribution is 2.29. The van der Waals surface area contributed by atoms with Gasteiger partial charge < -0.3 is 20.1 Å². The third-order valence-corrected chi connectivity index (χ3v) is 5.45. The number of fused-ring (bicyclic) bond motifs is 1. The molecule has 6 nitrogen and oxygen atoms in total. The van der Waals surface area contributed by atoms with Crippen LogP contribution in [0.25, 0.3) is 10.9 Å². The first-order valence-corrected chi connectivity index (χ1v) is 10.1. The van der Waals surface area contributed by atoms with E-state index in [0.29, 0.717) is 0 Å². The van der Waals surface area contributed by atoms with Gasteiger partial charge in [0.05, 0.1) is 24.5 Å². The number of rotatable bonds is 6. The molecule has 152 valence electrons. The van der Waals surface area contributed by atoms with E-state index >= 15 is 0 Å². The van der Waals surface area contributed by atoms with Crippen molar-refractivity contribution >= 4 is 28.5 Å². The van der Waals surface area contributed by atoms with Crippen molar-refractivity contribution < 1.29 is 9.84 Å². The monoisotopic (exact) mass is 392 g/mol. The van der Waals surface area contributed by atoms with Crippen molar-refractivity contribution in [2.75, 3.05) is 44.7 Å². The van der Waals surface area contributed by atoms with E-state index < -0.39 is 0 Å². The number of aromatic amines is 1. The number of benzene rings is 2. The highest BCUT2D eigenvalue weighted by atomic mass is 16.5. The second kappa shape index (κ2) is 8.68. The third-order valence-electron chi connectivity index (χ3n) is 5.45. The minimum absolute atomic E-state index is 0.149. The quantitative estimate of drug-likeness (QED) is 0.555. The minimum Gasteiger partial charge on any atom is -0.494 e. The lowest BCUT2D eigenvalue weighted by molar-refractivity contribution is 0.0398. The van der Waals surface area contributed by atoms with E-state index in [2.05, 4.69) is 39.2 Å². The number of nitrogens with one attached hydrogen (secondary N) is 2. The lowest BCUT2D eigenvalue weighted by Crippen LogP contribution is -2.39. The minimum atomic E-state index is 0.149. The Morgan fingerprint density at radius 2 is 2.00 bits per heavy atom. The van der Waals surface area contributed by atoms with Gasteiger partial charge in [0.25, 0.3) is 0 Å². The zero-order chi connectivity index (χ0) is 20.2. The summed E-state index contributed by atoms with van der Waals surface area (Å²) in [6.07, 6.45) is 1.74. The first-order chi connectivity index (χ1) is 14.1. The van der Waals surface area contributed by atoms with Crippen LogP contribution >= 0.6 is 0 Å². The van der Waals surface area contributed by atoms with Gasteiger partial charge in [-0.25, -0.2) is 0 Å². The number of aryl methyl sites for hydroxylation is 2. The van der Waals surface area contributed by atoms with E-state index in [1.165, 1.54) is 0 Å². The van der Waals surface area contributed by atoms with Crippen LogP contribution in [-0.2, 0) is 4.74 Å². The molecule has 0 amide bonds. The summed E-state index contributed by atoms with van der Waals surface area (Å²) in [6, 6.07) is 12.1. The molecule has 3 aromatic rings. The van der Waals surface area contributed by atoms with Crippen molar-refractivity contribution in [3.8, 4) is 5.88 Å². The number of nitrogens with zero attached hydrogens (tertiary/aromatic N) is 2. The smallest absolute Gasteiger partial charge is 0.198 e. The van der Waals surface area contributed by atoms with Gasteiger partial charge in [0.15, 0.2) is 5.88 Å². The molecule has 1 saturated heterocycles. The molecule has 1 aromatic heterocycles. The van der Waals surface area contributed by atoms with Crippen LogP contribution < -0.4 is 5.32 Å². The molecular formula is C23H28N4O2. The van der Waals surface area contributed by atoms with Crippen LogP contribution in [0.3, 0.4) is 0 Å². The van der Waals surface area contributed by atoms with Crippen LogP contribution in [0.15, 0.2) is 41.4 Å². The normalized spacial score (nSPS) is 15.4. The van der Waals surface area contributed by atoms with Crippen molar-refractivity contribution in [3.63, 3.8) is 0 Å². The van der Waals surface area contributed by atoms with Crippen molar-refractivity contribution in [1.29, 1.82) is 0 Å². The number of aliphatic imine (C=N–C) groups is 1. The largest absolute Gasteiger partial charge is 0.494 e. The van der Waals surface area contributed by atoms with Crippen molar-refractivity contribution in [2.24, 2.45) is 4.99 Å². The molecule has 0 saturated carbocycles. The number of ether oxygens (including phenoxy) is 1. The van der Waals surface area contributed by atoms with Gasteiger partial charge >= 0.3 is 0 Å². The Hall–Kier alpha value is -2.83. The SMILES string of the molecule is Cc1cc(N=Cc2c(O)[nH]c3cccc(C)c23)ccc1NCCN1CCOCC1. The van der Waals surface area contributed by atoms with E-state index in [9.17, 15) is 5.11 Å². The molecule has 1 aliphatic rings. The summed E-state index contributed by atoms with van der Waals surface area (Å²) in [5.74, 6) is 0.149. The Kier molecular flexibility index (Phi) is 5.83. The molecule has 0 spiro atoms. The van der Waals surface area contributed by atoms with Crippen LogP contribution in [0, 0.1) is 13.8 Å². The topological polar surface area (TPSA) is 72.9 Å². The summed E-state index contributed by atoms with van der Waals surface area (Å²) in [5, 5.41) is 14.8. The molecule has 29 heavy (non-hydrogen) atoms. The predicted octanol–water partition coefficient (Wildman–Crippen LogP) is 3.99. The number of aromatic hydroxyl groups is 1. The summed E-state index contributed by atoms with van der Waals surface area (Å²) in [5.41, 5.74) is 5.90. The van der Waals surface area contributed by atoms with Gasteiger partial charge in [0.2, 0.25) is 0 Å². The Balaban J connectivity index is 1.44. The van der Waals surface area contributed by atoms with E-state index in [4.69, 9.17) is 4.74 Å². The fourth-order valence-corrected chi connectivity index (χ4v) is 3.81. The van der Waals surface area contributed by atoms with Crippen LogP contribution in [-0.4, -0.2) is 60.6 Å². The fourth-order valence-electron chi connectivity index (χ4n) is 3.81. The molecule has 1 fully saturated rings. The Morgan fingerprint density at radius 3 is 2.79 bits per heavy atom. The zero-order valence-corrected chi connectivity index (χ0v) is 17.0.